The highest BCUT2D eigenvalue weighted by Gasteiger charge is 2.35. The molecule has 7 nitrogen and oxygen atoms in total. The molecule has 4 rings (SSSR count). The van der Waals surface area contributed by atoms with E-state index in [0.717, 1.165) is 21.0 Å². The number of halogens is 1. The fraction of sp³-hybridized carbons (Fsp3) is 0.235. The monoisotopic (exact) mass is 617 g/mol. The molecule has 0 saturated heterocycles. The SMILES string of the molecule is CCNC(=O)[C@@H](Cc1ccccc1)N(Cc1cccc(C)c1)C(=O)CN(c1cccc(Cl)c1C)S(=O)(=O)c1ccccc1. The van der Waals surface area contributed by atoms with Crippen LogP contribution in [0.3, 0.4) is 0 Å². The first kappa shape index (κ1) is 31.8. The minimum Gasteiger partial charge on any atom is -0.355 e. The van der Waals surface area contributed by atoms with E-state index < -0.39 is 28.5 Å². The average Bonchev–Trinajstić information content (AvgIpc) is 3.00. The molecule has 0 bridgehead atoms. The molecule has 0 aromatic heterocycles. The minimum absolute atomic E-state index is 0.0389. The minimum atomic E-state index is -4.19. The van der Waals surface area contributed by atoms with E-state index in [9.17, 15) is 18.0 Å². The fourth-order valence-corrected chi connectivity index (χ4v) is 6.61. The van der Waals surface area contributed by atoms with Crippen LogP contribution in [0.5, 0.6) is 0 Å². The van der Waals surface area contributed by atoms with Crippen molar-refractivity contribution >= 4 is 39.1 Å². The molecule has 0 spiro atoms. The van der Waals surface area contributed by atoms with Gasteiger partial charge in [-0.2, -0.15) is 0 Å². The Labute approximate surface area is 259 Å². The number of carbonyl (C=O) groups is 2. The van der Waals surface area contributed by atoms with Crippen LogP contribution in [0.1, 0.15) is 29.2 Å². The lowest BCUT2D eigenvalue weighted by atomic mass is 10.0. The van der Waals surface area contributed by atoms with E-state index in [1.54, 1.807) is 43.3 Å². The highest BCUT2D eigenvalue weighted by atomic mass is 35.5. The molecule has 0 aliphatic carbocycles. The Bertz CT molecular complexity index is 1660. The second-order valence-electron chi connectivity index (χ2n) is 10.3. The number of aryl methyl sites for hydroxylation is 1. The number of rotatable bonds is 12. The highest BCUT2D eigenvalue weighted by Crippen LogP contribution is 2.31. The van der Waals surface area contributed by atoms with Crippen molar-refractivity contribution in [3.05, 3.63) is 130 Å². The smallest absolute Gasteiger partial charge is 0.264 e. The van der Waals surface area contributed by atoms with Gasteiger partial charge in [0.1, 0.15) is 12.6 Å². The van der Waals surface area contributed by atoms with Gasteiger partial charge < -0.3 is 10.2 Å². The molecule has 4 aromatic rings. The summed E-state index contributed by atoms with van der Waals surface area (Å²) < 4.78 is 29.3. The number of likely N-dealkylation sites (N-methyl/N-ethyl adjacent to an activating group) is 1. The first-order valence-electron chi connectivity index (χ1n) is 14.1. The Hall–Kier alpha value is -4.14. The zero-order valence-corrected chi connectivity index (χ0v) is 26.1. The van der Waals surface area contributed by atoms with Crippen molar-refractivity contribution in [2.75, 3.05) is 17.4 Å². The van der Waals surface area contributed by atoms with E-state index in [4.69, 9.17) is 11.6 Å². The quantitative estimate of drug-likeness (QED) is 0.214. The van der Waals surface area contributed by atoms with Gasteiger partial charge >= 0.3 is 0 Å². The molecule has 0 aliphatic rings. The van der Waals surface area contributed by atoms with Gasteiger partial charge in [-0.25, -0.2) is 8.42 Å². The van der Waals surface area contributed by atoms with Crippen molar-refractivity contribution in [3.8, 4) is 0 Å². The average molecular weight is 618 g/mol. The number of hydrogen-bond donors (Lipinski definition) is 1. The third-order valence-corrected chi connectivity index (χ3v) is 9.36. The summed E-state index contributed by atoms with van der Waals surface area (Å²) in [5.74, 6) is -0.837. The van der Waals surface area contributed by atoms with Crippen LogP contribution in [0.25, 0.3) is 0 Å². The lowest BCUT2D eigenvalue weighted by Gasteiger charge is -2.34. The fourth-order valence-electron chi connectivity index (χ4n) is 4.95. The summed E-state index contributed by atoms with van der Waals surface area (Å²) in [6.45, 7) is 5.45. The maximum Gasteiger partial charge on any atom is 0.264 e. The van der Waals surface area contributed by atoms with Gasteiger partial charge in [-0.15, -0.1) is 0 Å². The Morgan fingerprint density at radius 1 is 0.837 bits per heavy atom. The van der Waals surface area contributed by atoms with E-state index in [-0.39, 0.29) is 29.5 Å². The molecule has 9 heteroatoms. The summed E-state index contributed by atoms with van der Waals surface area (Å²) in [4.78, 5) is 29.5. The standard InChI is InChI=1S/C34H36ClN3O4S/c1-4-36-34(40)32(22-27-14-7-5-8-15-27)37(23-28-16-11-13-25(2)21-28)33(39)24-38(31-20-12-19-30(35)26(31)3)43(41,42)29-17-9-6-10-18-29/h5-21,32H,4,22-24H2,1-3H3,(H,36,40)/t32-/m1/s1. The summed E-state index contributed by atoms with van der Waals surface area (Å²) in [7, 11) is -4.19. The lowest BCUT2D eigenvalue weighted by Crippen LogP contribution is -2.53. The van der Waals surface area contributed by atoms with Crippen LogP contribution >= 0.6 is 11.6 Å². The number of sulfonamides is 1. The second-order valence-corrected chi connectivity index (χ2v) is 12.6. The van der Waals surface area contributed by atoms with Gasteiger partial charge in [0.25, 0.3) is 10.0 Å². The van der Waals surface area contributed by atoms with E-state index in [0.29, 0.717) is 17.1 Å². The summed E-state index contributed by atoms with van der Waals surface area (Å²) >= 11 is 6.42. The highest BCUT2D eigenvalue weighted by molar-refractivity contribution is 7.92. The Morgan fingerprint density at radius 2 is 1.47 bits per heavy atom. The zero-order valence-electron chi connectivity index (χ0n) is 24.5. The van der Waals surface area contributed by atoms with E-state index in [2.05, 4.69) is 5.32 Å². The summed E-state index contributed by atoms with van der Waals surface area (Å²) in [6, 6.07) is 29.2. The number of nitrogens with zero attached hydrogens (tertiary/aromatic N) is 2. The number of carbonyl (C=O) groups excluding carboxylic acids is 2. The molecule has 0 aliphatic heterocycles. The van der Waals surface area contributed by atoms with Crippen LogP contribution in [0.15, 0.2) is 108 Å². The molecule has 43 heavy (non-hydrogen) atoms. The van der Waals surface area contributed by atoms with Gasteiger partial charge in [0.2, 0.25) is 11.8 Å². The number of benzene rings is 4. The molecular weight excluding hydrogens is 582 g/mol. The second kappa shape index (κ2) is 14.4. The van der Waals surface area contributed by atoms with Crippen molar-refractivity contribution in [2.45, 2.75) is 44.7 Å². The van der Waals surface area contributed by atoms with Crippen molar-refractivity contribution in [3.63, 3.8) is 0 Å². The van der Waals surface area contributed by atoms with Gasteiger partial charge in [0.05, 0.1) is 10.6 Å². The lowest BCUT2D eigenvalue weighted by molar-refractivity contribution is -0.140. The molecule has 0 unspecified atom stereocenters. The summed E-state index contributed by atoms with van der Waals surface area (Å²) in [6.07, 6.45) is 0.256. The van der Waals surface area contributed by atoms with Crippen molar-refractivity contribution in [1.82, 2.24) is 10.2 Å². The van der Waals surface area contributed by atoms with Crippen LogP contribution in [0, 0.1) is 13.8 Å². The van der Waals surface area contributed by atoms with Crippen LogP contribution in [0.4, 0.5) is 5.69 Å². The Kier molecular flexibility index (Phi) is 10.6. The maximum atomic E-state index is 14.4. The summed E-state index contributed by atoms with van der Waals surface area (Å²) in [5.41, 5.74) is 3.52. The molecular formula is C34H36ClN3O4S. The Morgan fingerprint density at radius 3 is 2.12 bits per heavy atom. The van der Waals surface area contributed by atoms with Gasteiger partial charge in [-0.1, -0.05) is 96.0 Å². The summed E-state index contributed by atoms with van der Waals surface area (Å²) in [5, 5.41) is 3.25. The number of amides is 2. The largest absolute Gasteiger partial charge is 0.355 e. The number of nitrogens with one attached hydrogen (secondary N) is 1. The van der Waals surface area contributed by atoms with Crippen molar-refractivity contribution in [2.24, 2.45) is 0 Å². The van der Waals surface area contributed by atoms with Crippen LogP contribution in [-0.2, 0) is 32.6 Å². The van der Waals surface area contributed by atoms with Gasteiger partial charge in [-0.05, 0) is 61.7 Å². The first-order chi connectivity index (χ1) is 20.6. The van der Waals surface area contributed by atoms with Crippen molar-refractivity contribution in [1.29, 1.82) is 0 Å². The topological polar surface area (TPSA) is 86.8 Å². The van der Waals surface area contributed by atoms with Gasteiger partial charge in [-0.3, -0.25) is 13.9 Å². The number of anilines is 1. The third-order valence-electron chi connectivity index (χ3n) is 7.18. The normalized spacial score (nSPS) is 11.9. The first-order valence-corrected chi connectivity index (χ1v) is 15.9. The molecule has 1 N–H and O–H groups in total. The predicted molar refractivity (Wildman–Crippen MR) is 172 cm³/mol. The van der Waals surface area contributed by atoms with E-state index in [1.165, 1.54) is 17.0 Å². The molecule has 4 aromatic carbocycles. The van der Waals surface area contributed by atoms with E-state index in [1.807, 2.05) is 68.4 Å². The molecule has 0 saturated carbocycles. The Balaban J connectivity index is 1.82. The predicted octanol–water partition coefficient (Wildman–Crippen LogP) is 5.93. The van der Waals surface area contributed by atoms with Crippen LogP contribution in [0.2, 0.25) is 5.02 Å². The van der Waals surface area contributed by atoms with Gasteiger partial charge in [0, 0.05) is 24.5 Å². The van der Waals surface area contributed by atoms with Gasteiger partial charge in [0.15, 0.2) is 0 Å². The van der Waals surface area contributed by atoms with Crippen LogP contribution in [-0.4, -0.2) is 44.3 Å². The van der Waals surface area contributed by atoms with Crippen LogP contribution < -0.4 is 9.62 Å². The molecule has 0 fully saturated rings. The third kappa shape index (κ3) is 7.83. The van der Waals surface area contributed by atoms with E-state index >= 15 is 0 Å². The molecule has 1 atom stereocenters. The molecule has 224 valence electrons. The zero-order chi connectivity index (χ0) is 31.0. The maximum absolute atomic E-state index is 14.4. The molecule has 0 radical (unpaired) electrons. The van der Waals surface area contributed by atoms with Crippen molar-refractivity contribution < 1.29 is 18.0 Å². The number of hydrogen-bond acceptors (Lipinski definition) is 4. The molecule has 0 heterocycles. The molecule has 2 amide bonds.